The number of rotatable bonds is 4. The first kappa shape index (κ1) is 19.5. The minimum atomic E-state index is -0.298. The van der Waals surface area contributed by atoms with Gasteiger partial charge in [0.25, 0.3) is 5.91 Å². The first-order valence-electron chi connectivity index (χ1n) is 9.69. The van der Waals surface area contributed by atoms with Crippen LogP contribution >= 0.6 is 11.6 Å². The number of piperazine rings is 1. The van der Waals surface area contributed by atoms with Crippen LogP contribution in [0.4, 0.5) is 10.1 Å². The van der Waals surface area contributed by atoms with Crippen LogP contribution in [-0.4, -0.2) is 46.8 Å². The number of aromatic nitrogens is 2. The standard InChI is InChI=1S/C22H22ClFN4O/c1-2-21-20(15-25-28(21)18-8-6-17(24)7-9-18)22(29)27-12-10-26(11-13-27)19-5-3-4-16(23)14-19/h3-9,14-15H,2,10-13H2,1H3. The molecule has 29 heavy (non-hydrogen) atoms. The van der Waals surface area contributed by atoms with Gasteiger partial charge < -0.3 is 9.80 Å². The van der Waals surface area contributed by atoms with Gasteiger partial charge in [-0.25, -0.2) is 9.07 Å². The van der Waals surface area contributed by atoms with Crippen LogP contribution in [0.5, 0.6) is 0 Å². The van der Waals surface area contributed by atoms with Gasteiger partial charge in [0.15, 0.2) is 0 Å². The number of nitrogens with zero attached hydrogens (tertiary/aromatic N) is 4. The van der Waals surface area contributed by atoms with Crippen LogP contribution < -0.4 is 4.90 Å². The fraction of sp³-hybridized carbons (Fsp3) is 0.273. The lowest BCUT2D eigenvalue weighted by molar-refractivity contribution is 0.0745. The summed E-state index contributed by atoms with van der Waals surface area (Å²) in [6.07, 6.45) is 2.27. The lowest BCUT2D eigenvalue weighted by Crippen LogP contribution is -2.48. The number of carbonyl (C=O) groups excluding carboxylic acids is 1. The van der Waals surface area contributed by atoms with Crippen LogP contribution in [0, 0.1) is 5.82 Å². The number of benzene rings is 2. The van der Waals surface area contributed by atoms with Crippen molar-refractivity contribution in [1.29, 1.82) is 0 Å². The Morgan fingerprint density at radius 3 is 2.45 bits per heavy atom. The molecule has 0 atom stereocenters. The molecule has 2 aromatic carbocycles. The molecule has 2 heterocycles. The maximum atomic E-state index is 13.2. The lowest BCUT2D eigenvalue weighted by atomic mass is 10.1. The van der Waals surface area contributed by atoms with Crippen molar-refractivity contribution in [2.24, 2.45) is 0 Å². The highest BCUT2D eigenvalue weighted by atomic mass is 35.5. The smallest absolute Gasteiger partial charge is 0.257 e. The molecule has 1 saturated heterocycles. The summed E-state index contributed by atoms with van der Waals surface area (Å²) in [4.78, 5) is 17.3. The van der Waals surface area contributed by atoms with Crippen molar-refractivity contribution in [2.75, 3.05) is 31.1 Å². The zero-order chi connectivity index (χ0) is 20.4. The van der Waals surface area contributed by atoms with Crippen molar-refractivity contribution < 1.29 is 9.18 Å². The molecule has 1 aliphatic heterocycles. The predicted octanol–water partition coefficient (Wildman–Crippen LogP) is 4.19. The molecule has 0 aliphatic carbocycles. The Bertz CT molecular complexity index is 1010. The fourth-order valence-corrected chi connectivity index (χ4v) is 3.89. The van der Waals surface area contributed by atoms with Gasteiger partial charge in [0, 0.05) is 36.9 Å². The van der Waals surface area contributed by atoms with Gasteiger partial charge in [-0.2, -0.15) is 5.10 Å². The zero-order valence-electron chi connectivity index (χ0n) is 16.2. The molecule has 7 heteroatoms. The Morgan fingerprint density at radius 1 is 1.07 bits per heavy atom. The van der Waals surface area contributed by atoms with Crippen LogP contribution in [0.3, 0.4) is 0 Å². The van der Waals surface area contributed by atoms with E-state index in [1.165, 1.54) is 12.1 Å². The topological polar surface area (TPSA) is 41.4 Å². The van der Waals surface area contributed by atoms with Gasteiger partial charge in [-0.3, -0.25) is 4.79 Å². The Morgan fingerprint density at radius 2 is 1.79 bits per heavy atom. The normalized spacial score (nSPS) is 14.3. The molecule has 0 bridgehead atoms. The van der Waals surface area contributed by atoms with Crippen LogP contribution in [0.1, 0.15) is 23.0 Å². The van der Waals surface area contributed by atoms with Gasteiger partial charge in [-0.15, -0.1) is 0 Å². The third kappa shape index (κ3) is 3.98. The van der Waals surface area contributed by atoms with Gasteiger partial charge in [0.1, 0.15) is 5.82 Å². The molecule has 0 unspecified atom stereocenters. The van der Waals surface area contributed by atoms with Gasteiger partial charge in [-0.05, 0) is 48.9 Å². The molecule has 1 fully saturated rings. The van der Waals surface area contributed by atoms with E-state index in [1.54, 1.807) is 23.0 Å². The second kappa shape index (κ2) is 8.25. The molecule has 1 aliphatic rings. The predicted molar refractivity (Wildman–Crippen MR) is 112 cm³/mol. The van der Waals surface area contributed by atoms with E-state index >= 15 is 0 Å². The van der Waals surface area contributed by atoms with E-state index in [0.29, 0.717) is 30.1 Å². The van der Waals surface area contributed by atoms with E-state index in [9.17, 15) is 9.18 Å². The summed E-state index contributed by atoms with van der Waals surface area (Å²) in [6.45, 7) is 4.76. The van der Waals surface area contributed by atoms with Gasteiger partial charge in [0.2, 0.25) is 0 Å². The third-order valence-corrected chi connectivity index (χ3v) is 5.48. The summed E-state index contributed by atoms with van der Waals surface area (Å²) < 4.78 is 15.0. The van der Waals surface area contributed by atoms with Crippen LogP contribution in [0.2, 0.25) is 5.02 Å². The number of carbonyl (C=O) groups is 1. The Hall–Kier alpha value is -2.86. The quantitative estimate of drug-likeness (QED) is 0.645. The van der Waals surface area contributed by atoms with E-state index in [-0.39, 0.29) is 11.7 Å². The van der Waals surface area contributed by atoms with Crippen molar-refractivity contribution >= 4 is 23.2 Å². The largest absolute Gasteiger partial charge is 0.368 e. The van der Waals surface area contributed by atoms with E-state index in [0.717, 1.165) is 30.2 Å². The molecule has 3 aromatic rings. The van der Waals surface area contributed by atoms with Crippen LogP contribution in [0.25, 0.3) is 5.69 Å². The van der Waals surface area contributed by atoms with E-state index in [4.69, 9.17) is 11.6 Å². The number of amides is 1. The summed E-state index contributed by atoms with van der Waals surface area (Å²) in [5, 5.41) is 5.11. The molecular weight excluding hydrogens is 391 g/mol. The molecule has 0 N–H and O–H groups in total. The second-order valence-electron chi connectivity index (χ2n) is 7.01. The minimum Gasteiger partial charge on any atom is -0.368 e. The molecule has 4 rings (SSSR count). The lowest BCUT2D eigenvalue weighted by Gasteiger charge is -2.36. The number of anilines is 1. The summed E-state index contributed by atoms with van der Waals surface area (Å²) in [6, 6.07) is 13.9. The van der Waals surface area contributed by atoms with Crippen molar-refractivity contribution in [3.63, 3.8) is 0 Å². The van der Waals surface area contributed by atoms with E-state index in [1.807, 2.05) is 36.1 Å². The van der Waals surface area contributed by atoms with Crippen LogP contribution in [0.15, 0.2) is 54.7 Å². The average molecular weight is 413 g/mol. The highest BCUT2D eigenvalue weighted by Crippen LogP contribution is 2.22. The fourth-order valence-electron chi connectivity index (χ4n) is 3.71. The molecule has 5 nitrogen and oxygen atoms in total. The maximum Gasteiger partial charge on any atom is 0.257 e. The molecular formula is C22H22ClFN4O. The van der Waals surface area contributed by atoms with Crippen molar-refractivity contribution in [2.45, 2.75) is 13.3 Å². The SMILES string of the molecule is CCc1c(C(=O)N2CCN(c3cccc(Cl)c3)CC2)cnn1-c1ccc(F)cc1. The summed E-state index contributed by atoms with van der Waals surface area (Å²) in [7, 11) is 0. The van der Waals surface area contributed by atoms with E-state index in [2.05, 4.69) is 10.00 Å². The highest BCUT2D eigenvalue weighted by molar-refractivity contribution is 6.30. The number of halogens is 2. The van der Waals surface area contributed by atoms with E-state index < -0.39 is 0 Å². The monoisotopic (exact) mass is 412 g/mol. The molecule has 150 valence electrons. The Balaban J connectivity index is 1.50. The Kier molecular flexibility index (Phi) is 5.53. The molecule has 0 saturated carbocycles. The van der Waals surface area contributed by atoms with Crippen molar-refractivity contribution in [3.8, 4) is 5.69 Å². The number of hydrogen-bond donors (Lipinski definition) is 0. The summed E-state index contributed by atoms with van der Waals surface area (Å²) in [5.41, 5.74) is 3.25. The minimum absolute atomic E-state index is 0.0130. The Labute approximate surface area is 174 Å². The van der Waals surface area contributed by atoms with Gasteiger partial charge in [0.05, 0.1) is 23.1 Å². The van der Waals surface area contributed by atoms with Gasteiger partial charge >= 0.3 is 0 Å². The van der Waals surface area contributed by atoms with Crippen LogP contribution in [-0.2, 0) is 6.42 Å². The highest BCUT2D eigenvalue weighted by Gasteiger charge is 2.26. The first-order valence-corrected chi connectivity index (χ1v) is 10.1. The zero-order valence-corrected chi connectivity index (χ0v) is 16.9. The average Bonchev–Trinajstić information content (AvgIpc) is 3.18. The number of hydrogen-bond acceptors (Lipinski definition) is 3. The summed E-state index contributed by atoms with van der Waals surface area (Å²) >= 11 is 6.10. The molecule has 0 radical (unpaired) electrons. The molecule has 1 aromatic heterocycles. The van der Waals surface area contributed by atoms with Crippen molar-refractivity contribution in [1.82, 2.24) is 14.7 Å². The first-order chi connectivity index (χ1) is 14.1. The third-order valence-electron chi connectivity index (χ3n) is 5.25. The summed E-state index contributed by atoms with van der Waals surface area (Å²) in [5.74, 6) is -0.311. The second-order valence-corrected chi connectivity index (χ2v) is 7.44. The van der Waals surface area contributed by atoms with Crippen molar-refractivity contribution in [3.05, 3.63) is 76.8 Å². The van der Waals surface area contributed by atoms with Gasteiger partial charge in [-0.1, -0.05) is 24.6 Å². The molecule has 0 spiro atoms. The maximum absolute atomic E-state index is 13.2. The molecule has 1 amide bonds.